The van der Waals surface area contributed by atoms with E-state index in [4.69, 9.17) is 0 Å². The number of carbonyl (C=O) groups is 1. The molecule has 3 aromatic heterocycles. The van der Waals surface area contributed by atoms with Crippen molar-refractivity contribution in [3.8, 4) is 10.6 Å². The molecule has 1 aliphatic heterocycles. The van der Waals surface area contributed by atoms with Crippen LogP contribution in [0.5, 0.6) is 0 Å². The van der Waals surface area contributed by atoms with Crippen molar-refractivity contribution in [1.82, 2.24) is 30.0 Å². The lowest BCUT2D eigenvalue weighted by atomic mass is 10.0. The fraction of sp³-hybridized carbons (Fsp3) is 0.368. The topological polar surface area (TPSA) is 75.9 Å². The SMILES string of the molecule is Cn1cc(-c2nc(C(=O)NC3CCN(Cc4cccnc4)CC3)cs2)cn1. The van der Waals surface area contributed by atoms with Crippen LogP contribution >= 0.6 is 11.3 Å². The maximum absolute atomic E-state index is 12.5. The summed E-state index contributed by atoms with van der Waals surface area (Å²) in [5.41, 5.74) is 2.65. The zero-order chi connectivity index (χ0) is 18.6. The Kier molecular flexibility index (Phi) is 5.26. The number of aromatic nitrogens is 4. The second kappa shape index (κ2) is 7.98. The fourth-order valence-corrected chi connectivity index (χ4v) is 4.06. The number of aryl methyl sites for hydroxylation is 1. The van der Waals surface area contributed by atoms with Gasteiger partial charge in [-0.15, -0.1) is 11.3 Å². The molecule has 1 saturated heterocycles. The zero-order valence-corrected chi connectivity index (χ0v) is 16.0. The predicted octanol–water partition coefficient (Wildman–Crippen LogP) is 2.33. The normalized spacial score (nSPS) is 15.7. The summed E-state index contributed by atoms with van der Waals surface area (Å²) in [6.45, 7) is 2.85. The van der Waals surface area contributed by atoms with E-state index < -0.39 is 0 Å². The van der Waals surface area contributed by atoms with E-state index in [2.05, 4.69) is 31.3 Å². The number of nitrogens with zero attached hydrogens (tertiary/aromatic N) is 5. The van der Waals surface area contributed by atoms with Crippen LogP contribution in [0, 0.1) is 0 Å². The lowest BCUT2D eigenvalue weighted by Gasteiger charge is -2.32. The number of hydrogen-bond acceptors (Lipinski definition) is 6. The molecule has 7 nitrogen and oxygen atoms in total. The molecule has 1 fully saturated rings. The molecule has 0 aromatic carbocycles. The standard InChI is InChI=1S/C19H22N6OS/c1-24-12-15(10-21-24)19-23-17(13-27-19)18(26)22-16-4-7-25(8-5-16)11-14-3-2-6-20-9-14/h2-3,6,9-10,12-13,16H,4-5,7-8,11H2,1H3,(H,22,26). The van der Waals surface area contributed by atoms with Crippen molar-refractivity contribution in [3.05, 3.63) is 53.6 Å². The van der Waals surface area contributed by atoms with Crippen molar-refractivity contribution in [1.29, 1.82) is 0 Å². The smallest absolute Gasteiger partial charge is 0.270 e. The summed E-state index contributed by atoms with van der Waals surface area (Å²) < 4.78 is 1.73. The molecule has 1 aliphatic rings. The zero-order valence-electron chi connectivity index (χ0n) is 15.2. The van der Waals surface area contributed by atoms with Gasteiger partial charge in [0.1, 0.15) is 10.7 Å². The van der Waals surface area contributed by atoms with E-state index in [9.17, 15) is 4.79 Å². The van der Waals surface area contributed by atoms with Gasteiger partial charge in [0.2, 0.25) is 0 Å². The van der Waals surface area contributed by atoms with Gasteiger partial charge >= 0.3 is 0 Å². The number of carbonyl (C=O) groups excluding carboxylic acids is 1. The molecular weight excluding hydrogens is 360 g/mol. The van der Waals surface area contributed by atoms with Crippen LogP contribution in [-0.4, -0.2) is 49.7 Å². The largest absolute Gasteiger partial charge is 0.348 e. The number of pyridine rings is 1. The number of rotatable bonds is 5. The Balaban J connectivity index is 1.29. The summed E-state index contributed by atoms with van der Waals surface area (Å²) in [6, 6.07) is 4.27. The lowest BCUT2D eigenvalue weighted by Crippen LogP contribution is -2.44. The van der Waals surface area contributed by atoms with Gasteiger partial charge in [-0.25, -0.2) is 4.98 Å². The monoisotopic (exact) mass is 382 g/mol. The summed E-state index contributed by atoms with van der Waals surface area (Å²) in [6.07, 6.45) is 9.27. The van der Waals surface area contributed by atoms with Crippen LogP contribution in [0.4, 0.5) is 0 Å². The molecule has 4 rings (SSSR count). The predicted molar refractivity (Wildman–Crippen MR) is 104 cm³/mol. The van der Waals surface area contributed by atoms with E-state index in [-0.39, 0.29) is 11.9 Å². The highest BCUT2D eigenvalue weighted by Gasteiger charge is 2.22. The molecule has 0 atom stereocenters. The highest BCUT2D eigenvalue weighted by molar-refractivity contribution is 7.13. The molecule has 8 heteroatoms. The van der Waals surface area contributed by atoms with Crippen molar-refractivity contribution >= 4 is 17.2 Å². The number of nitrogens with one attached hydrogen (secondary N) is 1. The number of hydrogen-bond donors (Lipinski definition) is 1. The number of piperidine rings is 1. The fourth-order valence-electron chi connectivity index (χ4n) is 3.29. The van der Waals surface area contributed by atoms with Crippen molar-refractivity contribution in [2.45, 2.75) is 25.4 Å². The quantitative estimate of drug-likeness (QED) is 0.733. The van der Waals surface area contributed by atoms with Crippen LogP contribution in [0.15, 0.2) is 42.3 Å². The summed E-state index contributed by atoms with van der Waals surface area (Å²) in [5, 5.41) is 9.92. The van der Waals surface area contributed by atoms with E-state index in [0.717, 1.165) is 43.0 Å². The van der Waals surface area contributed by atoms with Gasteiger partial charge in [0.25, 0.3) is 5.91 Å². The number of amides is 1. The molecular formula is C19H22N6OS. The minimum atomic E-state index is -0.0906. The lowest BCUT2D eigenvalue weighted by molar-refractivity contribution is 0.0904. The van der Waals surface area contributed by atoms with Crippen molar-refractivity contribution in [2.75, 3.05) is 13.1 Å². The maximum Gasteiger partial charge on any atom is 0.270 e. The van der Waals surface area contributed by atoms with E-state index in [1.54, 1.807) is 17.1 Å². The average molecular weight is 382 g/mol. The molecule has 0 unspecified atom stereocenters. The molecule has 1 N–H and O–H groups in total. The Bertz CT molecular complexity index is 898. The molecule has 0 radical (unpaired) electrons. The van der Waals surface area contributed by atoms with Crippen LogP contribution in [0.2, 0.25) is 0 Å². The second-order valence-corrected chi connectivity index (χ2v) is 7.68. The van der Waals surface area contributed by atoms with Crippen LogP contribution in [0.1, 0.15) is 28.9 Å². The first-order chi connectivity index (χ1) is 13.2. The first kappa shape index (κ1) is 17.8. The molecule has 0 saturated carbocycles. The van der Waals surface area contributed by atoms with Crippen molar-refractivity contribution in [3.63, 3.8) is 0 Å². The molecule has 1 amide bonds. The van der Waals surface area contributed by atoms with E-state index in [1.807, 2.05) is 30.9 Å². The summed E-state index contributed by atoms with van der Waals surface area (Å²) in [4.78, 5) is 23.6. The molecule has 4 heterocycles. The van der Waals surface area contributed by atoms with Gasteiger partial charge in [-0.05, 0) is 24.5 Å². The summed E-state index contributed by atoms with van der Waals surface area (Å²) in [5.74, 6) is -0.0906. The van der Waals surface area contributed by atoms with Crippen LogP contribution in [0.3, 0.4) is 0 Å². The average Bonchev–Trinajstić information content (AvgIpc) is 3.33. The van der Waals surface area contributed by atoms with Gasteiger partial charge in [0.15, 0.2) is 0 Å². The minimum absolute atomic E-state index is 0.0906. The van der Waals surface area contributed by atoms with E-state index in [1.165, 1.54) is 16.9 Å². The van der Waals surface area contributed by atoms with Gasteiger partial charge in [-0.2, -0.15) is 5.10 Å². The summed E-state index contributed by atoms with van der Waals surface area (Å²) >= 11 is 1.47. The molecule has 140 valence electrons. The van der Waals surface area contributed by atoms with Gasteiger partial charge in [0, 0.05) is 62.3 Å². The van der Waals surface area contributed by atoms with Crippen LogP contribution in [-0.2, 0) is 13.6 Å². The van der Waals surface area contributed by atoms with E-state index >= 15 is 0 Å². The molecule has 27 heavy (non-hydrogen) atoms. The van der Waals surface area contributed by atoms with Crippen molar-refractivity contribution < 1.29 is 4.79 Å². The van der Waals surface area contributed by atoms with E-state index in [0.29, 0.717) is 5.69 Å². The van der Waals surface area contributed by atoms with Gasteiger partial charge in [-0.1, -0.05) is 6.07 Å². The highest BCUT2D eigenvalue weighted by Crippen LogP contribution is 2.23. The van der Waals surface area contributed by atoms with Gasteiger partial charge in [0.05, 0.1) is 6.20 Å². The second-order valence-electron chi connectivity index (χ2n) is 6.83. The number of likely N-dealkylation sites (tertiary alicyclic amines) is 1. The Morgan fingerprint density at radius 3 is 2.89 bits per heavy atom. The molecule has 0 spiro atoms. The van der Waals surface area contributed by atoms with Gasteiger partial charge in [-0.3, -0.25) is 19.4 Å². The third-order valence-corrected chi connectivity index (χ3v) is 5.63. The van der Waals surface area contributed by atoms with Gasteiger partial charge < -0.3 is 5.32 Å². The molecule has 0 aliphatic carbocycles. The molecule has 0 bridgehead atoms. The maximum atomic E-state index is 12.5. The Morgan fingerprint density at radius 2 is 2.19 bits per heavy atom. The van der Waals surface area contributed by atoms with Crippen LogP contribution in [0.25, 0.3) is 10.6 Å². The number of thiazole rings is 1. The third kappa shape index (κ3) is 4.40. The summed E-state index contributed by atoms with van der Waals surface area (Å²) in [7, 11) is 1.87. The third-order valence-electron chi connectivity index (χ3n) is 4.74. The highest BCUT2D eigenvalue weighted by atomic mass is 32.1. The molecule has 3 aromatic rings. The first-order valence-corrected chi connectivity index (χ1v) is 9.92. The first-order valence-electron chi connectivity index (χ1n) is 9.04. The van der Waals surface area contributed by atoms with Crippen LogP contribution < -0.4 is 5.32 Å². The van der Waals surface area contributed by atoms with Crippen molar-refractivity contribution in [2.24, 2.45) is 7.05 Å². The Labute approximate surface area is 162 Å². The minimum Gasteiger partial charge on any atom is -0.348 e. The Hall–Kier alpha value is -2.58. The Morgan fingerprint density at radius 1 is 1.33 bits per heavy atom.